The van der Waals surface area contributed by atoms with Crippen LogP contribution in [-0.4, -0.2) is 119 Å². The van der Waals surface area contributed by atoms with Crippen LogP contribution >= 0.6 is 0 Å². The Bertz CT molecular complexity index is 1850. The number of carboxylic acids is 1. The van der Waals surface area contributed by atoms with Gasteiger partial charge in [0.05, 0.1) is 23.6 Å². The van der Waals surface area contributed by atoms with Crippen LogP contribution in [0.3, 0.4) is 0 Å². The van der Waals surface area contributed by atoms with Crippen LogP contribution in [0.2, 0.25) is 0 Å². The lowest BCUT2D eigenvalue weighted by Gasteiger charge is -2.50. The van der Waals surface area contributed by atoms with Gasteiger partial charge in [-0.3, -0.25) is 19.7 Å². The molecule has 0 aromatic heterocycles. The van der Waals surface area contributed by atoms with Crippen LogP contribution in [0.15, 0.2) is 40.3 Å². The number of ether oxygens (including phenoxy) is 2. The van der Waals surface area contributed by atoms with Gasteiger partial charge >= 0.3 is 5.97 Å². The van der Waals surface area contributed by atoms with E-state index in [9.17, 15) is 50.4 Å². The van der Waals surface area contributed by atoms with Crippen molar-refractivity contribution in [1.82, 2.24) is 0 Å². The number of amides is 1. The van der Waals surface area contributed by atoms with Crippen LogP contribution in [0, 0.1) is 0 Å². The molecular formula is C37H43N3O12. The molecule has 15 nitrogen and oxygen atoms in total. The number of nitrogens with zero attached hydrogens (tertiary/aromatic N) is 3. The van der Waals surface area contributed by atoms with Crippen molar-refractivity contribution in [1.29, 1.82) is 0 Å². The summed E-state index contributed by atoms with van der Waals surface area (Å²) in [5, 5.41) is 85.7. The maximum absolute atomic E-state index is 14.5. The summed E-state index contributed by atoms with van der Waals surface area (Å²) in [4.78, 5) is 37.4. The molecule has 15 heteroatoms. The van der Waals surface area contributed by atoms with Gasteiger partial charge in [0.25, 0.3) is 5.91 Å². The highest BCUT2D eigenvalue weighted by Gasteiger charge is 2.59. The number of phenols is 2. The van der Waals surface area contributed by atoms with Gasteiger partial charge < -0.3 is 50.3 Å². The van der Waals surface area contributed by atoms with Crippen LogP contribution < -0.4 is 9.64 Å². The van der Waals surface area contributed by atoms with Crippen molar-refractivity contribution < 1.29 is 59.9 Å². The van der Waals surface area contributed by atoms with Gasteiger partial charge in [-0.05, 0) is 67.5 Å². The van der Waals surface area contributed by atoms with Crippen molar-refractivity contribution >= 4 is 35.6 Å². The Kier molecular flexibility index (Phi) is 9.38. The molecule has 1 saturated heterocycles. The molecule has 0 unspecified atom stereocenters. The second-order valence-electron chi connectivity index (χ2n) is 14.5. The Morgan fingerprint density at radius 2 is 1.79 bits per heavy atom. The number of aliphatic imine (C=N–C) groups is 2. The number of carbonyl (C=O) groups is 2. The van der Waals surface area contributed by atoms with Gasteiger partial charge in [0.15, 0.2) is 11.5 Å². The summed E-state index contributed by atoms with van der Waals surface area (Å²) in [5.74, 6) is -4.56. The van der Waals surface area contributed by atoms with E-state index in [1.807, 2.05) is 0 Å². The minimum Gasteiger partial charge on any atom is -0.508 e. The molecule has 4 aliphatic heterocycles. The zero-order valence-corrected chi connectivity index (χ0v) is 28.4. The van der Waals surface area contributed by atoms with E-state index < -0.39 is 65.6 Å². The Labute approximate surface area is 298 Å². The van der Waals surface area contributed by atoms with Crippen LogP contribution in [0.1, 0.15) is 67.2 Å². The van der Waals surface area contributed by atoms with Crippen molar-refractivity contribution in [2.24, 2.45) is 9.98 Å². The van der Waals surface area contributed by atoms with E-state index in [-0.39, 0.29) is 54.9 Å². The van der Waals surface area contributed by atoms with E-state index in [2.05, 4.69) is 9.98 Å². The van der Waals surface area contributed by atoms with E-state index in [1.54, 1.807) is 18.3 Å². The number of fused-ring (bicyclic) bond motifs is 3. The first kappa shape index (κ1) is 36.0. The molecule has 5 aliphatic rings. The lowest BCUT2D eigenvalue weighted by atomic mass is 9.83. The minimum atomic E-state index is -1.99. The summed E-state index contributed by atoms with van der Waals surface area (Å²) >= 11 is 0. The monoisotopic (exact) mass is 721 g/mol. The number of hydrogen-bond acceptors (Lipinski definition) is 13. The molecule has 2 aromatic rings. The summed E-state index contributed by atoms with van der Waals surface area (Å²) in [6.45, 7) is -0.383. The number of aliphatic hydroxyl groups excluding tert-OH is 4. The van der Waals surface area contributed by atoms with E-state index in [0.29, 0.717) is 48.3 Å². The number of aromatic hydroxyl groups is 2. The predicted octanol–water partition coefficient (Wildman–Crippen LogP) is 1.13. The van der Waals surface area contributed by atoms with Crippen molar-refractivity contribution in [2.75, 3.05) is 18.2 Å². The Morgan fingerprint density at radius 1 is 1.02 bits per heavy atom. The minimum absolute atomic E-state index is 0.0221. The Morgan fingerprint density at radius 3 is 2.48 bits per heavy atom. The van der Waals surface area contributed by atoms with Gasteiger partial charge in [-0.1, -0.05) is 18.9 Å². The fourth-order valence-electron chi connectivity index (χ4n) is 8.37. The van der Waals surface area contributed by atoms with Gasteiger partial charge in [0.2, 0.25) is 5.79 Å². The van der Waals surface area contributed by atoms with Crippen molar-refractivity contribution in [2.45, 2.75) is 106 Å². The van der Waals surface area contributed by atoms with Gasteiger partial charge in [-0.15, -0.1) is 0 Å². The summed E-state index contributed by atoms with van der Waals surface area (Å²) < 4.78 is 11.9. The fourth-order valence-corrected chi connectivity index (χ4v) is 8.37. The van der Waals surface area contributed by atoms with Gasteiger partial charge in [0, 0.05) is 42.7 Å². The molecule has 1 saturated carbocycles. The lowest BCUT2D eigenvalue weighted by Crippen LogP contribution is -2.68. The SMILES string of the molecule is O=C(C=Cc1ccc(O)c(CC2=NCN=C2)c1)N1c2c(cc(O)c3c2CC[C@@]2(O3)O[C@H](CO)[C@@H](O)[C@H](O)[C@H]2O)C[C@]1(CCC1(O)CCCC1)C(=O)O. The fraction of sp³-hybridized carbons (Fsp3) is 0.514. The number of benzene rings is 2. The first-order valence-corrected chi connectivity index (χ1v) is 17.5. The zero-order valence-electron chi connectivity index (χ0n) is 28.4. The molecule has 1 spiro atoms. The third-order valence-corrected chi connectivity index (χ3v) is 11.2. The summed E-state index contributed by atoms with van der Waals surface area (Å²) in [5.41, 5.74) is -0.309. The molecule has 8 N–H and O–H groups in total. The molecule has 52 heavy (non-hydrogen) atoms. The molecule has 1 amide bonds. The Hall–Kier alpha value is -4.38. The second kappa shape index (κ2) is 13.5. The number of rotatable bonds is 9. The molecular weight excluding hydrogens is 678 g/mol. The molecule has 7 rings (SSSR count). The first-order chi connectivity index (χ1) is 24.8. The van der Waals surface area contributed by atoms with Crippen LogP contribution in [0.25, 0.3) is 6.08 Å². The first-order valence-electron chi connectivity index (χ1n) is 17.5. The van der Waals surface area contributed by atoms with E-state index in [1.165, 1.54) is 29.2 Å². The zero-order chi connectivity index (χ0) is 37.0. The summed E-state index contributed by atoms with van der Waals surface area (Å²) in [6, 6.07) is 6.10. The molecule has 0 radical (unpaired) electrons. The van der Waals surface area contributed by atoms with Crippen LogP contribution in [0.5, 0.6) is 17.2 Å². The highest BCUT2D eigenvalue weighted by molar-refractivity contribution is 6.32. The molecule has 1 aliphatic carbocycles. The molecule has 4 heterocycles. The average Bonchev–Trinajstić information content (AvgIpc) is 3.88. The number of hydrogen-bond donors (Lipinski definition) is 8. The van der Waals surface area contributed by atoms with Gasteiger partial charge in [-0.2, -0.15) is 0 Å². The van der Waals surface area contributed by atoms with E-state index in [0.717, 1.165) is 12.8 Å². The van der Waals surface area contributed by atoms with Gasteiger partial charge in [0.1, 0.15) is 42.4 Å². The van der Waals surface area contributed by atoms with Crippen molar-refractivity contribution in [3.63, 3.8) is 0 Å². The Balaban J connectivity index is 1.28. The maximum atomic E-state index is 14.5. The number of aliphatic carboxylic acids is 1. The molecule has 0 bridgehead atoms. The molecule has 6 atom stereocenters. The highest BCUT2D eigenvalue weighted by Crippen LogP contribution is 2.55. The summed E-state index contributed by atoms with van der Waals surface area (Å²) in [6.07, 6.45) is 0.504. The van der Waals surface area contributed by atoms with E-state index in [4.69, 9.17) is 9.47 Å². The lowest BCUT2D eigenvalue weighted by molar-refractivity contribution is -0.342. The smallest absolute Gasteiger partial charge is 0.330 e. The number of carbonyl (C=O) groups excluding carboxylic acids is 1. The molecule has 2 aromatic carbocycles. The van der Waals surface area contributed by atoms with Crippen LogP contribution in [0.4, 0.5) is 5.69 Å². The standard InChI is InChI=1S/C37H43N3O12/c41-18-27-30(45)31(46)33(47)37(51-27)10-7-24-29-22(15-26(43)32(24)52-37)16-36(34(48)49,12-11-35(50)8-1-2-9-35)40(29)28(44)6-4-20-3-5-25(42)21(13-20)14-23-17-38-19-39-23/h3-6,13,15,17,27,30-31,33,41-43,45-47,50H,1-2,7-12,14,16,18-19H2,(H,48,49)/t27-,30-,31+,33-,36-,37+/m1/s1. The second-order valence-corrected chi connectivity index (χ2v) is 14.5. The number of phenolic OH excluding ortho intramolecular Hbond substituents is 2. The maximum Gasteiger partial charge on any atom is 0.330 e. The molecule has 2 fully saturated rings. The van der Waals surface area contributed by atoms with Crippen molar-refractivity contribution in [3.8, 4) is 17.2 Å². The van der Waals surface area contributed by atoms with Crippen molar-refractivity contribution in [3.05, 3.63) is 52.6 Å². The number of anilines is 1. The highest BCUT2D eigenvalue weighted by atomic mass is 16.7. The van der Waals surface area contributed by atoms with Gasteiger partial charge in [-0.25, -0.2) is 4.79 Å². The third-order valence-electron chi connectivity index (χ3n) is 11.2. The van der Waals surface area contributed by atoms with Crippen LogP contribution in [-0.2, 0) is 33.6 Å². The third kappa shape index (κ3) is 6.14. The predicted molar refractivity (Wildman–Crippen MR) is 186 cm³/mol. The topological polar surface area (TPSA) is 242 Å². The number of carboxylic acid groups (broad SMARTS) is 1. The molecule has 278 valence electrons. The summed E-state index contributed by atoms with van der Waals surface area (Å²) in [7, 11) is 0. The normalized spacial score (nSPS) is 30.4. The average molecular weight is 722 g/mol. The quantitative estimate of drug-likeness (QED) is 0.170. The van der Waals surface area contributed by atoms with E-state index >= 15 is 0 Å². The number of aliphatic hydroxyl groups is 5. The largest absolute Gasteiger partial charge is 0.508 e.